The lowest BCUT2D eigenvalue weighted by Crippen LogP contribution is -2.47. The highest BCUT2D eigenvalue weighted by Gasteiger charge is 2.16. The van der Waals surface area contributed by atoms with Gasteiger partial charge >= 0.3 is 0 Å². The van der Waals surface area contributed by atoms with Gasteiger partial charge in [0, 0.05) is 72.3 Å². The molecule has 0 bridgehead atoms. The third kappa shape index (κ3) is 7.15. The molecule has 1 unspecified atom stereocenters. The van der Waals surface area contributed by atoms with Crippen LogP contribution in [0.1, 0.15) is 12.6 Å². The average Bonchev–Trinajstić information content (AvgIpc) is 2.95. The Bertz CT molecular complexity index is 521. The normalized spacial score (nSPS) is 17.9. The molecule has 1 aromatic rings. The second-order valence-corrected chi connectivity index (χ2v) is 7.10. The maximum absolute atomic E-state index is 4.43. The number of halogens is 1. The first-order chi connectivity index (χ1) is 11.5. The second kappa shape index (κ2) is 11.0. The number of hydrogen-bond acceptors (Lipinski definition) is 3. The topological polar surface area (TPSA) is 39.0 Å². The van der Waals surface area contributed by atoms with Crippen LogP contribution >= 0.6 is 24.0 Å². The van der Waals surface area contributed by atoms with Crippen LogP contribution in [0.25, 0.3) is 0 Å². The summed E-state index contributed by atoms with van der Waals surface area (Å²) in [5.74, 6) is 1.56. The number of hydrogen-bond donors (Lipinski definition) is 1. The van der Waals surface area contributed by atoms with Gasteiger partial charge in [-0.25, -0.2) is 0 Å². The van der Waals surface area contributed by atoms with Crippen molar-refractivity contribution in [2.75, 3.05) is 60.4 Å². The average molecular weight is 462 g/mol. The Labute approximate surface area is 170 Å². The van der Waals surface area contributed by atoms with Crippen molar-refractivity contribution in [2.24, 2.45) is 18.0 Å². The Morgan fingerprint density at radius 3 is 2.52 bits per heavy atom. The number of aromatic nitrogens is 1. The third-order valence-electron chi connectivity index (χ3n) is 4.80. The summed E-state index contributed by atoms with van der Waals surface area (Å²) < 4.78 is 2.15. The molecule has 2 heterocycles. The second-order valence-electron chi connectivity index (χ2n) is 7.10. The van der Waals surface area contributed by atoms with Crippen LogP contribution in [0, 0.1) is 5.92 Å². The van der Waals surface area contributed by atoms with E-state index in [9.17, 15) is 0 Å². The first-order valence-electron chi connectivity index (χ1n) is 8.92. The van der Waals surface area contributed by atoms with Gasteiger partial charge in [-0.1, -0.05) is 6.92 Å². The monoisotopic (exact) mass is 462 g/mol. The van der Waals surface area contributed by atoms with Gasteiger partial charge in [0.15, 0.2) is 5.96 Å². The van der Waals surface area contributed by atoms with E-state index in [1.807, 2.05) is 7.05 Å². The first kappa shape index (κ1) is 22.2. The fourth-order valence-corrected chi connectivity index (χ4v) is 3.16. The molecule has 0 aromatic carbocycles. The van der Waals surface area contributed by atoms with Crippen molar-refractivity contribution in [1.29, 1.82) is 0 Å². The summed E-state index contributed by atoms with van der Waals surface area (Å²) in [7, 11) is 8.23. The fraction of sp³-hybridized carbons (Fsp3) is 0.722. The van der Waals surface area contributed by atoms with Crippen LogP contribution in [-0.2, 0) is 13.6 Å². The molecule has 25 heavy (non-hydrogen) atoms. The van der Waals surface area contributed by atoms with E-state index in [-0.39, 0.29) is 24.0 Å². The van der Waals surface area contributed by atoms with Crippen LogP contribution in [0.3, 0.4) is 0 Å². The number of guanidine groups is 1. The highest BCUT2D eigenvalue weighted by atomic mass is 127. The van der Waals surface area contributed by atoms with Gasteiger partial charge in [0.25, 0.3) is 0 Å². The van der Waals surface area contributed by atoms with Crippen LogP contribution in [0.2, 0.25) is 0 Å². The van der Waals surface area contributed by atoms with Crippen LogP contribution in [0.15, 0.2) is 23.3 Å². The molecule has 1 aromatic heterocycles. The number of aryl methyl sites for hydroxylation is 1. The molecule has 0 radical (unpaired) electrons. The number of nitrogens with one attached hydrogen (secondary N) is 1. The molecule has 7 heteroatoms. The molecule has 1 saturated heterocycles. The summed E-state index contributed by atoms with van der Waals surface area (Å²) in [6, 6.07) is 4.23. The van der Waals surface area contributed by atoms with Gasteiger partial charge in [0.1, 0.15) is 0 Å². The third-order valence-corrected chi connectivity index (χ3v) is 4.80. The Kier molecular flexibility index (Phi) is 9.81. The quantitative estimate of drug-likeness (QED) is 0.396. The number of nitrogens with zero attached hydrogens (tertiary/aromatic N) is 5. The molecular weight excluding hydrogens is 427 g/mol. The molecule has 6 nitrogen and oxygen atoms in total. The van der Waals surface area contributed by atoms with Gasteiger partial charge in [-0.3, -0.25) is 4.99 Å². The summed E-state index contributed by atoms with van der Waals surface area (Å²) in [5, 5.41) is 3.53. The van der Waals surface area contributed by atoms with Crippen molar-refractivity contribution in [3.63, 3.8) is 0 Å². The summed E-state index contributed by atoms with van der Waals surface area (Å²) >= 11 is 0. The zero-order valence-corrected chi connectivity index (χ0v) is 18.7. The SMILES string of the molecule is CN=C(NCC(C)CN1CCN(C)CC1)N(C)Cc1cccn1C.I. The molecule has 1 N–H and O–H groups in total. The van der Waals surface area contributed by atoms with Crippen molar-refractivity contribution < 1.29 is 0 Å². The lowest BCUT2D eigenvalue weighted by atomic mass is 10.1. The van der Waals surface area contributed by atoms with E-state index in [4.69, 9.17) is 0 Å². The zero-order valence-electron chi connectivity index (χ0n) is 16.4. The van der Waals surface area contributed by atoms with Crippen molar-refractivity contribution in [1.82, 2.24) is 24.6 Å². The minimum absolute atomic E-state index is 0. The van der Waals surface area contributed by atoms with E-state index in [0.717, 1.165) is 25.6 Å². The van der Waals surface area contributed by atoms with Crippen molar-refractivity contribution in [2.45, 2.75) is 13.5 Å². The summed E-state index contributed by atoms with van der Waals surface area (Å²) in [6.45, 7) is 10.0. The van der Waals surface area contributed by atoms with E-state index >= 15 is 0 Å². The molecule has 2 rings (SSSR count). The number of rotatable bonds is 6. The lowest BCUT2D eigenvalue weighted by Gasteiger charge is -2.34. The molecule has 0 saturated carbocycles. The molecule has 0 aliphatic carbocycles. The molecule has 0 amide bonds. The van der Waals surface area contributed by atoms with Gasteiger partial charge in [-0.05, 0) is 25.1 Å². The molecule has 1 fully saturated rings. The predicted octanol–water partition coefficient (Wildman–Crippen LogP) is 1.53. The van der Waals surface area contributed by atoms with Gasteiger partial charge in [0.05, 0.1) is 6.54 Å². The summed E-state index contributed by atoms with van der Waals surface area (Å²) in [5.41, 5.74) is 1.28. The maximum Gasteiger partial charge on any atom is 0.193 e. The predicted molar refractivity (Wildman–Crippen MR) is 117 cm³/mol. The first-order valence-corrected chi connectivity index (χ1v) is 8.92. The molecule has 1 atom stereocenters. The summed E-state index contributed by atoms with van der Waals surface area (Å²) in [4.78, 5) is 11.6. The molecule has 0 spiro atoms. The van der Waals surface area contributed by atoms with Gasteiger partial charge in [-0.2, -0.15) is 0 Å². The van der Waals surface area contributed by atoms with Gasteiger partial charge in [-0.15, -0.1) is 24.0 Å². The van der Waals surface area contributed by atoms with Crippen LogP contribution in [0.5, 0.6) is 0 Å². The van der Waals surface area contributed by atoms with E-state index in [2.05, 4.69) is 76.0 Å². The number of likely N-dealkylation sites (N-methyl/N-ethyl adjacent to an activating group) is 1. The smallest absolute Gasteiger partial charge is 0.193 e. The summed E-state index contributed by atoms with van der Waals surface area (Å²) in [6.07, 6.45) is 2.08. The Hall–Kier alpha value is -0.800. The molecule has 144 valence electrons. The number of aliphatic imine (C=N–C) groups is 1. The van der Waals surface area contributed by atoms with Crippen molar-refractivity contribution >= 4 is 29.9 Å². The maximum atomic E-state index is 4.43. The van der Waals surface area contributed by atoms with Crippen molar-refractivity contribution in [3.05, 3.63) is 24.0 Å². The minimum atomic E-state index is 0. The highest BCUT2D eigenvalue weighted by Crippen LogP contribution is 2.06. The van der Waals surface area contributed by atoms with E-state index in [0.29, 0.717) is 5.92 Å². The Morgan fingerprint density at radius 2 is 1.96 bits per heavy atom. The molecular formula is C18H35IN6. The van der Waals surface area contributed by atoms with Gasteiger partial charge in [0.2, 0.25) is 0 Å². The Balaban J connectivity index is 0.00000312. The Morgan fingerprint density at radius 1 is 1.28 bits per heavy atom. The van der Waals surface area contributed by atoms with E-state index in [1.165, 1.54) is 31.9 Å². The zero-order chi connectivity index (χ0) is 17.5. The minimum Gasteiger partial charge on any atom is -0.356 e. The largest absolute Gasteiger partial charge is 0.356 e. The van der Waals surface area contributed by atoms with Gasteiger partial charge < -0.3 is 24.6 Å². The van der Waals surface area contributed by atoms with E-state index < -0.39 is 0 Å². The molecule has 1 aliphatic heterocycles. The standard InChI is InChI=1S/C18H34N6.HI/c1-16(14-24-11-9-21(3)10-12-24)13-20-18(19-2)23(5)15-17-7-6-8-22(17)4;/h6-8,16H,9-15H2,1-5H3,(H,19,20);1H. The van der Waals surface area contributed by atoms with E-state index in [1.54, 1.807) is 0 Å². The number of piperazine rings is 1. The lowest BCUT2D eigenvalue weighted by molar-refractivity contribution is 0.139. The van der Waals surface area contributed by atoms with Crippen LogP contribution < -0.4 is 5.32 Å². The van der Waals surface area contributed by atoms with Crippen LogP contribution in [-0.4, -0.2) is 85.6 Å². The highest BCUT2D eigenvalue weighted by molar-refractivity contribution is 14.0. The van der Waals surface area contributed by atoms with Crippen molar-refractivity contribution in [3.8, 4) is 0 Å². The fourth-order valence-electron chi connectivity index (χ4n) is 3.16. The molecule has 1 aliphatic rings. The van der Waals surface area contributed by atoms with Crippen LogP contribution in [0.4, 0.5) is 0 Å².